The highest BCUT2D eigenvalue weighted by atomic mass is 19.1. The number of hydrogen-bond donors (Lipinski definition) is 0. The van der Waals surface area contributed by atoms with Gasteiger partial charge in [-0.25, -0.2) is 4.39 Å². The Morgan fingerprint density at radius 3 is 2.27 bits per heavy atom. The summed E-state index contributed by atoms with van der Waals surface area (Å²) in [5, 5.41) is 0. The molecule has 0 spiro atoms. The Morgan fingerprint density at radius 2 is 1.65 bits per heavy atom. The molecular formula is C21H26FN3O. The maximum Gasteiger partial charge on any atom is 0.239 e. The van der Waals surface area contributed by atoms with E-state index in [0.29, 0.717) is 13.1 Å². The first-order valence-electron chi connectivity index (χ1n) is 9.08. The van der Waals surface area contributed by atoms with Gasteiger partial charge in [0.2, 0.25) is 5.91 Å². The zero-order chi connectivity index (χ0) is 18.5. The molecule has 4 nitrogen and oxygen atoms in total. The van der Waals surface area contributed by atoms with Gasteiger partial charge in [0.1, 0.15) is 5.82 Å². The molecule has 138 valence electrons. The summed E-state index contributed by atoms with van der Waals surface area (Å²) in [6, 6.07) is 16.6. The molecule has 0 radical (unpaired) electrons. The molecule has 2 aromatic rings. The van der Waals surface area contributed by atoms with Gasteiger partial charge in [0.15, 0.2) is 0 Å². The van der Waals surface area contributed by atoms with Gasteiger partial charge in [0.05, 0.1) is 6.04 Å². The lowest BCUT2D eigenvalue weighted by molar-refractivity contribution is -0.136. The van der Waals surface area contributed by atoms with Crippen LogP contribution in [0.25, 0.3) is 0 Å². The zero-order valence-electron chi connectivity index (χ0n) is 15.4. The average Bonchev–Trinajstić information content (AvgIpc) is 2.68. The molecule has 1 saturated heterocycles. The van der Waals surface area contributed by atoms with Crippen molar-refractivity contribution >= 4 is 11.6 Å². The van der Waals surface area contributed by atoms with Gasteiger partial charge in [-0.15, -0.1) is 0 Å². The topological polar surface area (TPSA) is 26.8 Å². The average molecular weight is 355 g/mol. The summed E-state index contributed by atoms with van der Waals surface area (Å²) in [6.07, 6.45) is 0. The lowest BCUT2D eigenvalue weighted by Crippen LogP contribution is -2.53. The Bertz CT molecular complexity index is 712. The number of nitrogens with zero attached hydrogens (tertiary/aromatic N) is 3. The predicted molar refractivity (Wildman–Crippen MR) is 103 cm³/mol. The van der Waals surface area contributed by atoms with Gasteiger partial charge >= 0.3 is 0 Å². The largest absolute Gasteiger partial charge is 0.368 e. The molecule has 26 heavy (non-hydrogen) atoms. The van der Waals surface area contributed by atoms with Crippen molar-refractivity contribution in [2.75, 3.05) is 38.1 Å². The SMILES string of the molecule is CC(C(=O)N1CCN(c2ccc(F)cc2)CC1)N(C)Cc1ccccc1. The molecule has 1 fully saturated rings. The standard InChI is InChI=1S/C21H26FN3O/c1-17(23(2)16-18-6-4-3-5-7-18)21(26)25-14-12-24(13-15-25)20-10-8-19(22)9-11-20/h3-11,17H,12-16H2,1-2H3. The molecule has 1 atom stereocenters. The zero-order valence-corrected chi connectivity index (χ0v) is 15.4. The van der Waals surface area contributed by atoms with E-state index in [4.69, 9.17) is 0 Å². The van der Waals surface area contributed by atoms with Crippen molar-refractivity contribution in [3.63, 3.8) is 0 Å². The lowest BCUT2D eigenvalue weighted by atomic mass is 10.1. The molecule has 0 aromatic heterocycles. The van der Waals surface area contributed by atoms with Gasteiger partial charge in [-0.3, -0.25) is 9.69 Å². The van der Waals surface area contributed by atoms with E-state index in [2.05, 4.69) is 21.9 Å². The minimum atomic E-state index is -0.224. The first kappa shape index (κ1) is 18.4. The van der Waals surface area contributed by atoms with Crippen molar-refractivity contribution in [1.29, 1.82) is 0 Å². The third kappa shape index (κ3) is 4.41. The van der Waals surface area contributed by atoms with Crippen LogP contribution in [0.3, 0.4) is 0 Å². The highest BCUT2D eigenvalue weighted by Gasteiger charge is 2.27. The second kappa shape index (κ2) is 8.32. The minimum Gasteiger partial charge on any atom is -0.368 e. The van der Waals surface area contributed by atoms with E-state index in [1.54, 1.807) is 12.1 Å². The normalized spacial score (nSPS) is 16.0. The molecule has 3 rings (SSSR count). The number of hydrogen-bond acceptors (Lipinski definition) is 3. The monoisotopic (exact) mass is 355 g/mol. The number of likely N-dealkylation sites (N-methyl/N-ethyl adjacent to an activating group) is 1. The molecule has 5 heteroatoms. The Kier molecular flexibility index (Phi) is 5.89. The van der Waals surface area contributed by atoms with Crippen LogP contribution in [0.5, 0.6) is 0 Å². The Morgan fingerprint density at radius 1 is 1.04 bits per heavy atom. The Hall–Kier alpha value is -2.40. The number of benzene rings is 2. The van der Waals surface area contributed by atoms with Gasteiger partial charge in [-0.1, -0.05) is 30.3 Å². The van der Waals surface area contributed by atoms with E-state index in [9.17, 15) is 9.18 Å². The molecule has 2 aromatic carbocycles. The van der Waals surface area contributed by atoms with Crippen molar-refractivity contribution in [1.82, 2.24) is 9.80 Å². The second-order valence-corrected chi connectivity index (χ2v) is 6.87. The smallest absolute Gasteiger partial charge is 0.239 e. The van der Waals surface area contributed by atoms with Crippen LogP contribution in [-0.2, 0) is 11.3 Å². The Balaban J connectivity index is 1.53. The minimum absolute atomic E-state index is 0.160. The van der Waals surface area contributed by atoms with E-state index < -0.39 is 0 Å². The number of carbonyl (C=O) groups is 1. The molecule has 0 saturated carbocycles. The van der Waals surface area contributed by atoms with E-state index in [1.807, 2.05) is 37.1 Å². The second-order valence-electron chi connectivity index (χ2n) is 6.87. The number of anilines is 1. The summed E-state index contributed by atoms with van der Waals surface area (Å²) in [4.78, 5) is 19.1. The van der Waals surface area contributed by atoms with Gasteiger partial charge in [0, 0.05) is 38.4 Å². The van der Waals surface area contributed by atoms with Crippen LogP contribution in [0.15, 0.2) is 54.6 Å². The maximum absolute atomic E-state index is 13.1. The van der Waals surface area contributed by atoms with Crippen LogP contribution in [0.4, 0.5) is 10.1 Å². The van der Waals surface area contributed by atoms with Crippen LogP contribution in [0, 0.1) is 5.82 Å². The predicted octanol–water partition coefficient (Wildman–Crippen LogP) is 2.99. The van der Waals surface area contributed by atoms with E-state index in [1.165, 1.54) is 17.7 Å². The fourth-order valence-electron chi connectivity index (χ4n) is 3.30. The first-order chi connectivity index (χ1) is 12.5. The molecule has 1 unspecified atom stereocenters. The summed E-state index contributed by atoms with van der Waals surface area (Å²) in [6.45, 7) is 5.65. The quantitative estimate of drug-likeness (QED) is 0.825. The van der Waals surface area contributed by atoms with Gasteiger partial charge in [-0.05, 0) is 43.8 Å². The third-order valence-corrected chi connectivity index (χ3v) is 5.08. The summed E-state index contributed by atoms with van der Waals surface area (Å²) >= 11 is 0. The molecule has 1 aliphatic heterocycles. The van der Waals surface area contributed by atoms with E-state index in [-0.39, 0.29) is 17.8 Å². The molecule has 1 amide bonds. The number of amides is 1. The number of rotatable bonds is 5. The molecule has 0 bridgehead atoms. The first-order valence-corrected chi connectivity index (χ1v) is 9.08. The van der Waals surface area contributed by atoms with Crippen molar-refractivity contribution in [3.05, 3.63) is 66.0 Å². The highest BCUT2D eigenvalue weighted by molar-refractivity contribution is 5.81. The van der Waals surface area contributed by atoms with Gasteiger partial charge in [-0.2, -0.15) is 0 Å². The van der Waals surface area contributed by atoms with Crippen LogP contribution < -0.4 is 4.90 Å². The number of piperazine rings is 1. The molecule has 1 heterocycles. The van der Waals surface area contributed by atoms with E-state index in [0.717, 1.165) is 25.3 Å². The number of halogens is 1. The molecule has 0 aliphatic carbocycles. The van der Waals surface area contributed by atoms with Crippen molar-refractivity contribution in [2.45, 2.75) is 19.5 Å². The summed E-state index contributed by atoms with van der Waals surface area (Å²) in [5.74, 6) is -0.0555. The van der Waals surface area contributed by atoms with E-state index >= 15 is 0 Å². The van der Waals surface area contributed by atoms with Crippen molar-refractivity contribution < 1.29 is 9.18 Å². The summed E-state index contributed by atoms with van der Waals surface area (Å²) < 4.78 is 13.1. The van der Waals surface area contributed by atoms with Crippen LogP contribution in [0.2, 0.25) is 0 Å². The fraction of sp³-hybridized carbons (Fsp3) is 0.381. The Labute approximate surface area is 154 Å². The van der Waals surface area contributed by atoms with Gasteiger partial charge < -0.3 is 9.80 Å². The fourth-order valence-corrected chi connectivity index (χ4v) is 3.30. The van der Waals surface area contributed by atoms with Gasteiger partial charge in [0.25, 0.3) is 0 Å². The molecular weight excluding hydrogens is 329 g/mol. The summed E-state index contributed by atoms with van der Waals surface area (Å²) in [7, 11) is 1.99. The highest BCUT2D eigenvalue weighted by Crippen LogP contribution is 2.18. The van der Waals surface area contributed by atoms with Crippen molar-refractivity contribution in [3.8, 4) is 0 Å². The van der Waals surface area contributed by atoms with Crippen LogP contribution in [0.1, 0.15) is 12.5 Å². The third-order valence-electron chi connectivity index (χ3n) is 5.08. The van der Waals surface area contributed by atoms with Crippen molar-refractivity contribution in [2.24, 2.45) is 0 Å². The molecule has 0 N–H and O–H groups in total. The maximum atomic E-state index is 13.1. The van der Waals surface area contributed by atoms with Crippen LogP contribution in [-0.4, -0.2) is 55.0 Å². The molecule has 1 aliphatic rings. The number of carbonyl (C=O) groups excluding carboxylic acids is 1. The summed E-state index contributed by atoms with van der Waals surface area (Å²) in [5.41, 5.74) is 2.21. The lowest BCUT2D eigenvalue weighted by Gasteiger charge is -2.38. The van der Waals surface area contributed by atoms with Crippen LogP contribution >= 0.6 is 0 Å².